The molecule has 3 N–H and O–H groups in total. The number of hydrogen-bond donors (Lipinski definition) is 3. The normalized spacial score (nSPS) is 26.3. The Morgan fingerprint density at radius 2 is 1.85 bits per heavy atom. The highest BCUT2D eigenvalue weighted by Crippen LogP contribution is 2.44. The Balaban J connectivity index is 1.26. The van der Waals surface area contributed by atoms with E-state index < -0.39 is 0 Å². The van der Waals surface area contributed by atoms with Crippen LogP contribution in [-0.4, -0.2) is 42.5 Å². The molecule has 0 spiro atoms. The summed E-state index contributed by atoms with van der Waals surface area (Å²) in [6.07, 6.45) is 6.30. The van der Waals surface area contributed by atoms with Crippen molar-refractivity contribution in [2.45, 2.75) is 50.6 Å². The summed E-state index contributed by atoms with van der Waals surface area (Å²) in [7, 11) is 1.65. The quantitative estimate of drug-likeness (QED) is 0.552. The van der Waals surface area contributed by atoms with Crippen LogP contribution in [0.4, 0.5) is 5.82 Å². The number of hydrogen-bond acceptors (Lipinski definition) is 7. The number of benzene rings is 1. The van der Waals surface area contributed by atoms with E-state index in [1.54, 1.807) is 19.2 Å². The fraction of sp³-hybridized carbons (Fsp3) is 0.440. The monoisotopic (exact) mass is 446 g/mol. The van der Waals surface area contributed by atoms with Crippen LogP contribution in [0.3, 0.4) is 0 Å². The van der Waals surface area contributed by atoms with Crippen LogP contribution in [0.1, 0.15) is 39.5 Å². The lowest BCUT2D eigenvalue weighted by Crippen LogP contribution is -2.54. The molecular formula is C25H30N6O2. The number of phenols is 1. The van der Waals surface area contributed by atoms with Gasteiger partial charge in [-0.05, 0) is 69.7 Å². The summed E-state index contributed by atoms with van der Waals surface area (Å²) in [6.45, 7) is 5.55. The highest BCUT2D eigenvalue weighted by Gasteiger charge is 2.48. The van der Waals surface area contributed by atoms with Crippen LogP contribution >= 0.6 is 0 Å². The summed E-state index contributed by atoms with van der Waals surface area (Å²) < 4.78 is 1.40. The molecule has 2 saturated heterocycles. The molecule has 4 heterocycles. The third-order valence-electron chi connectivity index (χ3n) is 7.09. The van der Waals surface area contributed by atoms with Crippen molar-refractivity contribution in [1.29, 1.82) is 0 Å². The molecule has 2 fully saturated rings. The zero-order valence-electron chi connectivity index (χ0n) is 19.3. The molecule has 8 nitrogen and oxygen atoms in total. The molecule has 8 heteroatoms. The van der Waals surface area contributed by atoms with Crippen molar-refractivity contribution in [2.75, 3.05) is 11.9 Å². The fourth-order valence-electron chi connectivity index (χ4n) is 5.55. The Bertz CT molecular complexity index is 1220. The summed E-state index contributed by atoms with van der Waals surface area (Å²) in [6, 6.07) is 10.4. The van der Waals surface area contributed by atoms with Gasteiger partial charge in [-0.15, -0.1) is 10.2 Å². The number of aromatic nitrogens is 4. The first-order valence-electron chi connectivity index (χ1n) is 11.5. The van der Waals surface area contributed by atoms with Crippen LogP contribution in [0.2, 0.25) is 0 Å². The van der Waals surface area contributed by atoms with Crippen molar-refractivity contribution in [1.82, 2.24) is 25.1 Å². The van der Waals surface area contributed by atoms with E-state index in [-0.39, 0.29) is 22.4 Å². The Kier molecular flexibility index (Phi) is 5.20. The summed E-state index contributed by atoms with van der Waals surface area (Å²) in [4.78, 5) is 16.1. The molecule has 0 radical (unpaired) electrons. The van der Waals surface area contributed by atoms with Crippen LogP contribution in [-0.2, 0) is 7.05 Å². The van der Waals surface area contributed by atoms with E-state index in [1.165, 1.54) is 42.6 Å². The number of aryl methyl sites for hydroxylation is 1. The highest BCUT2D eigenvalue weighted by molar-refractivity contribution is 5.73. The molecule has 2 aromatic heterocycles. The van der Waals surface area contributed by atoms with Gasteiger partial charge < -0.3 is 20.3 Å². The minimum Gasteiger partial charge on any atom is -0.507 e. The van der Waals surface area contributed by atoms with Gasteiger partial charge in [0.15, 0.2) is 0 Å². The van der Waals surface area contributed by atoms with Crippen LogP contribution in [0.5, 0.6) is 5.75 Å². The molecule has 0 saturated carbocycles. The zero-order valence-corrected chi connectivity index (χ0v) is 19.3. The zero-order chi connectivity index (χ0) is 23.2. The predicted molar refractivity (Wildman–Crippen MR) is 128 cm³/mol. The van der Waals surface area contributed by atoms with Gasteiger partial charge in [0, 0.05) is 41.9 Å². The van der Waals surface area contributed by atoms with Gasteiger partial charge in [0.25, 0.3) is 5.56 Å². The number of phenolic OH excluding ortho intramolecular Hbond substituents is 1. The van der Waals surface area contributed by atoms with Crippen LogP contribution in [0, 0.1) is 5.92 Å². The molecule has 0 aliphatic carbocycles. The Morgan fingerprint density at radius 3 is 2.48 bits per heavy atom. The van der Waals surface area contributed by atoms with Gasteiger partial charge in [-0.25, -0.2) is 4.98 Å². The number of piperidine rings is 1. The number of nitrogens with one attached hydrogen (secondary N) is 2. The Hall–Kier alpha value is -3.26. The van der Waals surface area contributed by atoms with Gasteiger partial charge in [0.05, 0.1) is 17.7 Å². The van der Waals surface area contributed by atoms with Crippen LogP contribution in [0.15, 0.2) is 47.5 Å². The maximum Gasteiger partial charge on any atom is 0.253 e. The largest absolute Gasteiger partial charge is 0.507 e. The van der Waals surface area contributed by atoms with Gasteiger partial charge in [0.1, 0.15) is 11.6 Å². The van der Waals surface area contributed by atoms with E-state index in [9.17, 15) is 9.90 Å². The summed E-state index contributed by atoms with van der Waals surface area (Å²) in [5.41, 5.74) is 2.69. The van der Waals surface area contributed by atoms with E-state index in [0.29, 0.717) is 28.4 Å². The third-order valence-corrected chi connectivity index (χ3v) is 7.09. The lowest BCUT2D eigenvalue weighted by atomic mass is 9.80. The first kappa shape index (κ1) is 21.6. The number of aromatic hydroxyl groups is 1. The fourth-order valence-corrected chi connectivity index (χ4v) is 5.55. The molecule has 2 aliphatic heterocycles. The van der Waals surface area contributed by atoms with Gasteiger partial charge >= 0.3 is 0 Å². The van der Waals surface area contributed by atoms with E-state index in [4.69, 9.17) is 0 Å². The minimum absolute atomic E-state index is 0.0663. The molecular weight excluding hydrogens is 416 g/mol. The lowest BCUT2D eigenvalue weighted by Gasteiger charge is -2.42. The Morgan fingerprint density at radius 1 is 1.09 bits per heavy atom. The minimum atomic E-state index is -0.155. The Labute approximate surface area is 193 Å². The molecule has 172 valence electrons. The number of anilines is 1. The first-order chi connectivity index (χ1) is 15.7. The van der Waals surface area contributed by atoms with Crippen molar-refractivity contribution < 1.29 is 5.11 Å². The van der Waals surface area contributed by atoms with Crippen molar-refractivity contribution >= 4 is 5.82 Å². The molecule has 2 aliphatic rings. The summed E-state index contributed by atoms with van der Waals surface area (Å²) >= 11 is 0. The molecule has 33 heavy (non-hydrogen) atoms. The van der Waals surface area contributed by atoms with E-state index in [1.807, 2.05) is 18.2 Å². The molecule has 2 atom stereocenters. The molecule has 1 aromatic carbocycles. The van der Waals surface area contributed by atoms with Crippen molar-refractivity contribution in [2.24, 2.45) is 13.0 Å². The summed E-state index contributed by atoms with van der Waals surface area (Å²) in [5.74, 6) is 1.40. The predicted octanol–water partition coefficient (Wildman–Crippen LogP) is 3.33. The van der Waals surface area contributed by atoms with Crippen LogP contribution < -0.4 is 16.2 Å². The molecule has 2 bridgehead atoms. The average molecular weight is 447 g/mol. The van der Waals surface area contributed by atoms with Crippen LogP contribution in [0.25, 0.3) is 22.5 Å². The van der Waals surface area contributed by atoms with E-state index in [2.05, 4.69) is 39.7 Å². The second-order valence-corrected chi connectivity index (χ2v) is 10.2. The van der Waals surface area contributed by atoms with Crippen molar-refractivity contribution in [3.8, 4) is 28.3 Å². The standard InChI is InChI=1S/C25H30N6O2/c1-24-8-9-25(2,30-24)13-16(12-24)14-26-22-7-6-19(28-29-22)18-5-4-17(10-21(18)32)20-11-23(33)31(3)15-27-20/h4-7,10-11,15-16,30,32H,8-9,12-14H2,1-3H3,(H,26,29). The molecule has 2 unspecified atom stereocenters. The highest BCUT2D eigenvalue weighted by atomic mass is 16.3. The van der Waals surface area contributed by atoms with Gasteiger partial charge in [-0.3, -0.25) is 4.79 Å². The van der Waals surface area contributed by atoms with E-state index >= 15 is 0 Å². The van der Waals surface area contributed by atoms with Gasteiger partial charge in [0.2, 0.25) is 0 Å². The van der Waals surface area contributed by atoms with Gasteiger partial charge in [-0.2, -0.15) is 0 Å². The summed E-state index contributed by atoms with van der Waals surface area (Å²) in [5, 5.41) is 26.5. The smallest absolute Gasteiger partial charge is 0.253 e. The average Bonchev–Trinajstić information content (AvgIpc) is 3.01. The number of nitrogens with zero attached hydrogens (tertiary/aromatic N) is 4. The number of fused-ring (bicyclic) bond motifs is 2. The molecule has 3 aromatic rings. The van der Waals surface area contributed by atoms with E-state index in [0.717, 1.165) is 12.4 Å². The second-order valence-electron chi connectivity index (χ2n) is 10.2. The maximum absolute atomic E-state index is 11.9. The van der Waals surface area contributed by atoms with Crippen molar-refractivity contribution in [3.63, 3.8) is 0 Å². The van der Waals surface area contributed by atoms with Crippen molar-refractivity contribution in [3.05, 3.63) is 53.1 Å². The molecule has 0 amide bonds. The van der Waals surface area contributed by atoms with Gasteiger partial charge in [-0.1, -0.05) is 6.07 Å². The third kappa shape index (κ3) is 4.35. The molecule has 5 rings (SSSR count). The maximum atomic E-state index is 11.9. The first-order valence-corrected chi connectivity index (χ1v) is 11.5. The number of rotatable bonds is 5. The SMILES string of the molecule is Cn1cnc(-c2ccc(-c3ccc(NCC4CC5(C)CCC(C)(C4)N5)nn3)c(O)c2)cc1=O. The second kappa shape index (κ2) is 7.95. The topological polar surface area (TPSA) is 105 Å². The lowest BCUT2D eigenvalue weighted by molar-refractivity contribution is 0.178.